The van der Waals surface area contributed by atoms with Gasteiger partial charge in [0.05, 0.1) is 0 Å². The first-order chi connectivity index (χ1) is 8.15. The number of carboxylic acid groups (broad SMARTS) is 1. The van der Waals surface area contributed by atoms with Crippen LogP contribution in [0.5, 0.6) is 0 Å². The van der Waals surface area contributed by atoms with E-state index in [1.165, 1.54) is 6.07 Å². The van der Waals surface area contributed by atoms with Crippen LogP contribution in [0, 0.1) is 0 Å². The van der Waals surface area contributed by atoms with E-state index in [2.05, 4.69) is 10.3 Å². The van der Waals surface area contributed by atoms with E-state index in [0.29, 0.717) is 5.69 Å². The van der Waals surface area contributed by atoms with Gasteiger partial charge in [0.25, 0.3) is 0 Å². The number of H-pyrrole nitrogens is 1. The summed E-state index contributed by atoms with van der Waals surface area (Å²) in [4.78, 5) is 24.0. The van der Waals surface area contributed by atoms with Gasteiger partial charge in [-0.05, 0) is 29.3 Å². The largest absolute Gasteiger partial charge is 0.465 e. The minimum absolute atomic E-state index is 0.173. The molecule has 5 heteroatoms. The van der Waals surface area contributed by atoms with E-state index >= 15 is 0 Å². The topological polar surface area (TPSA) is 82.2 Å². The molecule has 0 bridgehead atoms. The lowest BCUT2D eigenvalue weighted by molar-refractivity contribution is 0.210. The van der Waals surface area contributed by atoms with Crippen molar-refractivity contribution in [3.63, 3.8) is 0 Å². The van der Waals surface area contributed by atoms with Gasteiger partial charge in [-0.15, -0.1) is 0 Å². The second-order valence-electron chi connectivity index (χ2n) is 3.45. The Bertz CT molecular complexity index is 584. The zero-order valence-corrected chi connectivity index (χ0v) is 8.81. The molecule has 0 radical (unpaired) electrons. The average molecular weight is 230 g/mol. The summed E-state index contributed by atoms with van der Waals surface area (Å²) in [5.74, 6) is 0. The number of carbonyl (C=O) groups is 1. The van der Waals surface area contributed by atoms with Crippen LogP contribution < -0.4 is 10.9 Å². The Morgan fingerprint density at radius 2 is 2.00 bits per heavy atom. The molecule has 2 rings (SSSR count). The maximum Gasteiger partial charge on any atom is 0.409 e. The summed E-state index contributed by atoms with van der Waals surface area (Å²) in [5, 5.41) is 10.9. The number of hydrogen-bond acceptors (Lipinski definition) is 2. The highest BCUT2D eigenvalue weighted by Crippen LogP contribution is 2.20. The molecule has 0 unspecified atom stereocenters. The van der Waals surface area contributed by atoms with Gasteiger partial charge in [0, 0.05) is 18.0 Å². The first-order valence-electron chi connectivity index (χ1n) is 4.94. The second-order valence-corrected chi connectivity index (χ2v) is 3.45. The standard InChI is InChI=1S/C12H10N2O3/c15-11-5-4-9(7-13-11)8-2-1-3-10(6-8)14-12(16)17/h1-7,14H,(H,13,15)(H,16,17). The molecule has 0 fully saturated rings. The summed E-state index contributed by atoms with van der Waals surface area (Å²) in [6.07, 6.45) is 0.478. The van der Waals surface area contributed by atoms with Crippen molar-refractivity contribution in [2.45, 2.75) is 0 Å². The van der Waals surface area contributed by atoms with Crippen LogP contribution in [-0.4, -0.2) is 16.2 Å². The van der Waals surface area contributed by atoms with E-state index in [-0.39, 0.29) is 5.56 Å². The van der Waals surface area contributed by atoms with Crippen molar-refractivity contribution in [2.24, 2.45) is 0 Å². The second kappa shape index (κ2) is 4.52. The molecule has 0 aliphatic carbocycles. The quantitative estimate of drug-likeness (QED) is 0.739. The fourth-order valence-corrected chi connectivity index (χ4v) is 1.49. The average Bonchev–Trinajstić information content (AvgIpc) is 2.29. The molecule has 0 aliphatic rings. The van der Waals surface area contributed by atoms with E-state index in [0.717, 1.165) is 11.1 Å². The number of aromatic nitrogens is 1. The van der Waals surface area contributed by atoms with Crippen molar-refractivity contribution >= 4 is 11.8 Å². The van der Waals surface area contributed by atoms with Gasteiger partial charge in [-0.25, -0.2) is 4.79 Å². The molecule has 3 N–H and O–H groups in total. The van der Waals surface area contributed by atoms with E-state index in [1.807, 2.05) is 6.07 Å². The SMILES string of the molecule is O=C(O)Nc1cccc(-c2ccc(=O)[nH]c2)c1. The van der Waals surface area contributed by atoms with Gasteiger partial charge in [-0.1, -0.05) is 12.1 Å². The Morgan fingerprint density at radius 3 is 2.65 bits per heavy atom. The lowest BCUT2D eigenvalue weighted by Gasteiger charge is -2.04. The summed E-state index contributed by atoms with van der Waals surface area (Å²) in [5.41, 5.74) is 1.96. The van der Waals surface area contributed by atoms with Gasteiger partial charge in [0.15, 0.2) is 0 Å². The zero-order valence-electron chi connectivity index (χ0n) is 8.81. The first kappa shape index (κ1) is 10.9. The number of benzene rings is 1. The zero-order chi connectivity index (χ0) is 12.3. The summed E-state index contributed by atoms with van der Waals surface area (Å²) in [6, 6.07) is 10.0. The fraction of sp³-hybridized carbons (Fsp3) is 0. The summed E-state index contributed by atoms with van der Waals surface area (Å²) < 4.78 is 0. The predicted molar refractivity (Wildman–Crippen MR) is 64.1 cm³/mol. The number of aromatic amines is 1. The highest BCUT2D eigenvalue weighted by Gasteiger charge is 2.01. The fourth-order valence-electron chi connectivity index (χ4n) is 1.49. The minimum atomic E-state index is -1.11. The van der Waals surface area contributed by atoms with Crippen LogP contribution in [-0.2, 0) is 0 Å². The van der Waals surface area contributed by atoms with Crippen LogP contribution in [0.3, 0.4) is 0 Å². The predicted octanol–water partition coefficient (Wildman–Crippen LogP) is 2.13. The van der Waals surface area contributed by atoms with Crippen LogP contribution in [0.25, 0.3) is 11.1 Å². The normalized spacial score (nSPS) is 9.88. The number of hydrogen-bond donors (Lipinski definition) is 3. The molecular weight excluding hydrogens is 220 g/mol. The third-order valence-corrected chi connectivity index (χ3v) is 2.23. The van der Waals surface area contributed by atoms with Crippen molar-refractivity contribution in [3.05, 3.63) is 52.9 Å². The molecule has 1 amide bonds. The van der Waals surface area contributed by atoms with Crippen LogP contribution in [0.4, 0.5) is 10.5 Å². The summed E-state index contributed by atoms with van der Waals surface area (Å²) >= 11 is 0. The highest BCUT2D eigenvalue weighted by molar-refractivity contribution is 5.84. The minimum Gasteiger partial charge on any atom is -0.465 e. The van der Waals surface area contributed by atoms with Crippen molar-refractivity contribution in [2.75, 3.05) is 5.32 Å². The van der Waals surface area contributed by atoms with Crippen LogP contribution in [0.15, 0.2) is 47.4 Å². The lowest BCUT2D eigenvalue weighted by atomic mass is 10.1. The monoisotopic (exact) mass is 230 g/mol. The molecule has 0 saturated heterocycles. The summed E-state index contributed by atoms with van der Waals surface area (Å²) in [7, 11) is 0. The molecular formula is C12H10N2O3. The Kier molecular flexibility index (Phi) is 2.91. The van der Waals surface area contributed by atoms with Gasteiger partial charge in [0.1, 0.15) is 0 Å². The molecule has 0 saturated carbocycles. The Hall–Kier alpha value is -2.56. The van der Waals surface area contributed by atoms with Gasteiger partial charge in [-0.2, -0.15) is 0 Å². The lowest BCUT2D eigenvalue weighted by Crippen LogP contribution is -2.07. The highest BCUT2D eigenvalue weighted by atomic mass is 16.4. The van der Waals surface area contributed by atoms with E-state index in [9.17, 15) is 9.59 Å². The van der Waals surface area contributed by atoms with E-state index in [4.69, 9.17) is 5.11 Å². The summed E-state index contributed by atoms with van der Waals surface area (Å²) in [6.45, 7) is 0. The third kappa shape index (κ3) is 2.72. The van der Waals surface area contributed by atoms with E-state index in [1.54, 1.807) is 30.5 Å². The molecule has 86 valence electrons. The molecule has 0 aliphatic heterocycles. The van der Waals surface area contributed by atoms with Gasteiger partial charge >= 0.3 is 6.09 Å². The number of rotatable bonds is 2. The maximum atomic E-state index is 10.9. The number of nitrogens with one attached hydrogen (secondary N) is 2. The Morgan fingerprint density at radius 1 is 1.18 bits per heavy atom. The molecule has 2 aromatic rings. The molecule has 5 nitrogen and oxygen atoms in total. The molecule has 1 aromatic carbocycles. The molecule has 0 spiro atoms. The van der Waals surface area contributed by atoms with Crippen molar-refractivity contribution in [3.8, 4) is 11.1 Å². The maximum absolute atomic E-state index is 10.9. The van der Waals surface area contributed by atoms with Crippen LogP contribution in [0.1, 0.15) is 0 Å². The smallest absolute Gasteiger partial charge is 0.409 e. The van der Waals surface area contributed by atoms with E-state index < -0.39 is 6.09 Å². The molecule has 1 heterocycles. The van der Waals surface area contributed by atoms with Crippen molar-refractivity contribution in [1.82, 2.24) is 4.98 Å². The van der Waals surface area contributed by atoms with Crippen molar-refractivity contribution in [1.29, 1.82) is 0 Å². The number of amides is 1. The van der Waals surface area contributed by atoms with Gasteiger partial charge < -0.3 is 10.1 Å². The third-order valence-electron chi connectivity index (χ3n) is 2.23. The van der Waals surface area contributed by atoms with Gasteiger partial charge in [0.2, 0.25) is 5.56 Å². The molecule has 17 heavy (non-hydrogen) atoms. The first-order valence-corrected chi connectivity index (χ1v) is 4.94. The Balaban J connectivity index is 2.35. The molecule has 1 aromatic heterocycles. The number of pyridine rings is 1. The van der Waals surface area contributed by atoms with Crippen LogP contribution in [0.2, 0.25) is 0 Å². The van der Waals surface area contributed by atoms with Gasteiger partial charge in [-0.3, -0.25) is 10.1 Å². The van der Waals surface area contributed by atoms with Crippen LogP contribution >= 0.6 is 0 Å². The Labute approximate surface area is 96.7 Å². The van der Waals surface area contributed by atoms with Crippen molar-refractivity contribution < 1.29 is 9.90 Å². The number of anilines is 1. The molecule has 0 atom stereocenters.